The second kappa shape index (κ2) is 5.44. The lowest BCUT2D eigenvalue weighted by Crippen LogP contribution is -2.24. The molecule has 1 aliphatic carbocycles. The number of hydrogen-bond donors (Lipinski definition) is 1. The van der Waals surface area contributed by atoms with Gasteiger partial charge in [0.15, 0.2) is 0 Å². The van der Waals surface area contributed by atoms with Gasteiger partial charge in [-0.05, 0) is 37.3 Å². The quantitative estimate of drug-likeness (QED) is 0.875. The third-order valence-corrected chi connectivity index (χ3v) is 4.14. The number of nitrogens with one attached hydrogen (secondary N) is 1. The van der Waals surface area contributed by atoms with Crippen LogP contribution in [-0.2, 0) is 9.53 Å². The fourth-order valence-electron chi connectivity index (χ4n) is 2.93. The van der Waals surface area contributed by atoms with E-state index in [0.717, 1.165) is 23.8 Å². The molecule has 6 heteroatoms. The van der Waals surface area contributed by atoms with Gasteiger partial charge in [-0.15, -0.1) is 0 Å². The second-order valence-corrected chi connectivity index (χ2v) is 5.54. The second-order valence-electron chi connectivity index (χ2n) is 5.54. The summed E-state index contributed by atoms with van der Waals surface area (Å²) in [6.07, 6.45) is 3.59. The van der Waals surface area contributed by atoms with Gasteiger partial charge in [0.1, 0.15) is 0 Å². The Labute approximate surface area is 127 Å². The predicted molar refractivity (Wildman–Crippen MR) is 81.3 cm³/mol. The fourth-order valence-corrected chi connectivity index (χ4v) is 2.93. The number of carbonyl (C=O) groups is 1. The average molecular weight is 302 g/mol. The van der Waals surface area contributed by atoms with Crippen LogP contribution in [0.4, 0.5) is 0 Å². The number of nitrogens with zero attached hydrogens (tertiary/aromatic N) is 1. The highest BCUT2D eigenvalue weighted by molar-refractivity contribution is 5.90. The van der Waals surface area contributed by atoms with Crippen molar-refractivity contribution < 1.29 is 14.3 Å². The highest BCUT2D eigenvalue weighted by Crippen LogP contribution is 2.46. The summed E-state index contributed by atoms with van der Waals surface area (Å²) in [6.45, 7) is 1.69. The third kappa shape index (κ3) is 2.24. The van der Waals surface area contributed by atoms with Gasteiger partial charge in [0, 0.05) is 11.8 Å². The molecular weight excluding hydrogens is 284 g/mol. The van der Waals surface area contributed by atoms with Gasteiger partial charge in [-0.1, -0.05) is 0 Å². The molecule has 0 amide bonds. The van der Waals surface area contributed by atoms with E-state index in [1.165, 1.54) is 7.11 Å². The van der Waals surface area contributed by atoms with Gasteiger partial charge in [0.2, 0.25) is 5.88 Å². The standard InChI is InChI=1S/C16H18N2O4/c1-8(16(20)22-3)11-12(9-4-5-9)13-10(18-14(11)19)6-7-17-15(13)21-2/h6-9H,4-5H2,1-3H3,(H,18,19). The number of aromatic amines is 1. The zero-order valence-electron chi connectivity index (χ0n) is 12.8. The van der Waals surface area contributed by atoms with Gasteiger partial charge < -0.3 is 14.5 Å². The maximum absolute atomic E-state index is 12.5. The molecule has 1 fully saturated rings. The summed E-state index contributed by atoms with van der Waals surface area (Å²) in [7, 11) is 2.87. The number of ether oxygens (including phenoxy) is 2. The molecule has 0 radical (unpaired) electrons. The minimum Gasteiger partial charge on any atom is -0.480 e. The normalized spacial score (nSPS) is 15.6. The zero-order valence-corrected chi connectivity index (χ0v) is 12.8. The largest absolute Gasteiger partial charge is 0.480 e. The molecule has 3 rings (SSSR count). The molecule has 0 aromatic carbocycles. The monoisotopic (exact) mass is 302 g/mol. The van der Waals surface area contributed by atoms with Crippen LogP contribution in [0.2, 0.25) is 0 Å². The lowest BCUT2D eigenvalue weighted by atomic mass is 9.92. The summed E-state index contributed by atoms with van der Waals surface area (Å²) in [4.78, 5) is 31.5. The molecule has 2 aromatic heterocycles. The highest BCUT2D eigenvalue weighted by atomic mass is 16.5. The zero-order chi connectivity index (χ0) is 15.9. The van der Waals surface area contributed by atoms with Gasteiger partial charge in [0.05, 0.1) is 31.0 Å². The first-order valence-corrected chi connectivity index (χ1v) is 7.25. The van der Waals surface area contributed by atoms with Gasteiger partial charge in [-0.25, -0.2) is 4.98 Å². The SMILES string of the molecule is COC(=O)C(C)c1c(C2CC2)c2c(OC)nccc2[nH]c1=O. The minimum atomic E-state index is -0.626. The Hall–Kier alpha value is -2.37. The molecule has 0 spiro atoms. The van der Waals surface area contributed by atoms with Crippen LogP contribution < -0.4 is 10.3 Å². The van der Waals surface area contributed by atoms with Crippen molar-refractivity contribution in [2.45, 2.75) is 31.6 Å². The molecule has 2 aromatic rings. The molecule has 22 heavy (non-hydrogen) atoms. The van der Waals surface area contributed by atoms with E-state index in [4.69, 9.17) is 9.47 Å². The Morgan fingerprint density at radius 2 is 2.14 bits per heavy atom. The van der Waals surface area contributed by atoms with E-state index in [-0.39, 0.29) is 11.5 Å². The molecule has 2 heterocycles. The molecule has 0 saturated heterocycles. The van der Waals surface area contributed by atoms with Crippen LogP contribution in [0.1, 0.15) is 42.7 Å². The van der Waals surface area contributed by atoms with E-state index in [1.54, 1.807) is 26.3 Å². The Balaban J connectivity index is 2.36. The first-order chi connectivity index (χ1) is 10.6. The summed E-state index contributed by atoms with van der Waals surface area (Å²) in [5.74, 6) is -0.313. The van der Waals surface area contributed by atoms with Gasteiger partial charge in [-0.3, -0.25) is 9.59 Å². The van der Waals surface area contributed by atoms with Crippen LogP contribution in [0, 0.1) is 0 Å². The Bertz CT molecular complexity index is 793. The van der Waals surface area contributed by atoms with E-state index in [9.17, 15) is 9.59 Å². The molecule has 1 unspecified atom stereocenters. The number of esters is 1. The number of carbonyl (C=O) groups excluding carboxylic acids is 1. The minimum absolute atomic E-state index is 0.249. The van der Waals surface area contributed by atoms with E-state index in [0.29, 0.717) is 17.0 Å². The van der Waals surface area contributed by atoms with Crippen LogP contribution >= 0.6 is 0 Å². The molecule has 1 N–H and O–H groups in total. The van der Waals surface area contributed by atoms with Crippen LogP contribution in [0.25, 0.3) is 10.9 Å². The van der Waals surface area contributed by atoms with Gasteiger partial charge >= 0.3 is 5.97 Å². The first kappa shape index (κ1) is 14.6. The number of fused-ring (bicyclic) bond motifs is 1. The van der Waals surface area contributed by atoms with E-state index >= 15 is 0 Å². The van der Waals surface area contributed by atoms with E-state index in [2.05, 4.69) is 9.97 Å². The van der Waals surface area contributed by atoms with Crippen molar-refractivity contribution >= 4 is 16.9 Å². The molecule has 1 saturated carbocycles. The lowest BCUT2D eigenvalue weighted by molar-refractivity contribution is -0.142. The molecular formula is C16H18N2O4. The summed E-state index contributed by atoms with van der Waals surface area (Å²) in [5.41, 5.74) is 1.77. The Kier molecular flexibility index (Phi) is 3.60. The molecule has 1 aliphatic rings. The summed E-state index contributed by atoms with van der Waals surface area (Å²) >= 11 is 0. The van der Waals surface area contributed by atoms with Crippen molar-refractivity contribution in [1.82, 2.24) is 9.97 Å². The lowest BCUT2D eigenvalue weighted by Gasteiger charge is -2.17. The van der Waals surface area contributed by atoms with E-state index < -0.39 is 11.9 Å². The fraction of sp³-hybridized carbons (Fsp3) is 0.438. The van der Waals surface area contributed by atoms with Crippen LogP contribution in [0.15, 0.2) is 17.1 Å². The molecule has 116 valence electrons. The van der Waals surface area contributed by atoms with Crippen molar-refractivity contribution in [1.29, 1.82) is 0 Å². The molecule has 1 atom stereocenters. The summed E-state index contributed by atoms with van der Waals surface area (Å²) in [6, 6.07) is 1.75. The van der Waals surface area contributed by atoms with Gasteiger partial charge in [-0.2, -0.15) is 0 Å². The van der Waals surface area contributed by atoms with E-state index in [1.807, 2.05) is 0 Å². The molecule has 6 nitrogen and oxygen atoms in total. The third-order valence-electron chi connectivity index (χ3n) is 4.14. The summed E-state index contributed by atoms with van der Waals surface area (Å²) in [5, 5.41) is 0.790. The number of H-pyrrole nitrogens is 1. The Morgan fingerprint density at radius 3 is 2.73 bits per heavy atom. The highest BCUT2D eigenvalue weighted by Gasteiger charge is 2.34. The first-order valence-electron chi connectivity index (χ1n) is 7.25. The number of methoxy groups -OCH3 is 2. The van der Waals surface area contributed by atoms with Crippen LogP contribution in [0.5, 0.6) is 5.88 Å². The predicted octanol–water partition coefficient (Wildman–Crippen LogP) is 2.09. The number of rotatable bonds is 4. The van der Waals surface area contributed by atoms with Crippen LogP contribution in [0.3, 0.4) is 0 Å². The average Bonchev–Trinajstić information content (AvgIpc) is 3.36. The number of pyridine rings is 2. The topological polar surface area (TPSA) is 81.3 Å². The maximum atomic E-state index is 12.5. The van der Waals surface area contributed by atoms with Gasteiger partial charge in [0.25, 0.3) is 5.56 Å². The Morgan fingerprint density at radius 1 is 1.41 bits per heavy atom. The maximum Gasteiger partial charge on any atom is 0.313 e. The van der Waals surface area contributed by atoms with Crippen molar-refractivity contribution in [2.24, 2.45) is 0 Å². The van der Waals surface area contributed by atoms with Crippen molar-refractivity contribution in [2.75, 3.05) is 14.2 Å². The number of hydrogen-bond acceptors (Lipinski definition) is 5. The number of aromatic nitrogens is 2. The van der Waals surface area contributed by atoms with Crippen molar-refractivity contribution in [3.8, 4) is 5.88 Å². The molecule has 0 bridgehead atoms. The van der Waals surface area contributed by atoms with Crippen molar-refractivity contribution in [3.63, 3.8) is 0 Å². The smallest absolute Gasteiger partial charge is 0.313 e. The van der Waals surface area contributed by atoms with Crippen molar-refractivity contribution in [3.05, 3.63) is 33.7 Å². The summed E-state index contributed by atoms with van der Waals surface area (Å²) < 4.78 is 10.2. The molecule has 0 aliphatic heterocycles. The van der Waals surface area contributed by atoms with Crippen LogP contribution in [-0.4, -0.2) is 30.2 Å².